The molecule has 1 aromatic rings. The van der Waals surface area contributed by atoms with Crippen molar-refractivity contribution >= 4 is 17.4 Å². The van der Waals surface area contributed by atoms with Crippen LogP contribution in [0.15, 0.2) is 24.3 Å². The predicted octanol–water partition coefficient (Wildman–Crippen LogP) is 2.85. The standard InChI is InChI=1S/C12H12ClFO2/c13-11(8-3-5-9(14)6-4-8)12(15)10-2-1-7-16-10/h3-6,10-11H,1-2,7H2. The van der Waals surface area contributed by atoms with E-state index in [9.17, 15) is 9.18 Å². The Hall–Kier alpha value is -0.930. The van der Waals surface area contributed by atoms with Gasteiger partial charge in [0.1, 0.15) is 17.3 Å². The van der Waals surface area contributed by atoms with Gasteiger partial charge in [0.2, 0.25) is 0 Å². The molecule has 86 valence electrons. The van der Waals surface area contributed by atoms with Crippen LogP contribution in [0, 0.1) is 5.82 Å². The third kappa shape index (κ3) is 2.42. The lowest BCUT2D eigenvalue weighted by molar-refractivity contribution is -0.127. The molecular formula is C12H12ClFO2. The summed E-state index contributed by atoms with van der Waals surface area (Å²) < 4.78 is 18.0. The maximum absolute atomic E-state index is 12.7. The Bertz CT molecular complexity index is 371. The van der Waals surface area contributed by atoms with E-state index in [1.165, 1.54) is 24.3 Å². The second kappa shape index (κ2) is 4.93. The molecule has 2 atom stereocenters. The topological polar surface area (TPSA) is 26.3 Å². The molecular weight excluding hydrogens is 231 g/mol. The van der Waals surface area contributed by atoms with Crippen molar-refractivity contribution in [1.82, 2.24) is 0 Å². The van der Waals surface area contributed by atoms with Gasteiger partial charge in [-0.25, -0.2) is 4.39 Å². The highest BCUT2D eigenvalue weighted by Gasteiger charge is 2.29. The highest BCUT2D eigenvalue weighted by Crippen LogP contribution is 2.27. The minimum atomic E-state index is -0.747. The van der Waals surface area contributed by atoms with Crippen molar-refractivity contribution in [2.45, 2.75) is 24.3 Å². The highest BCUT2D eigenvalue weighted by molar-refractivity contribution is 6.31. The third-order valence-corrected chi connectivity index (χ3v) is 3.13. The maximum atomic E-state index is 12.7. The lowest BCUT2D eigenvalue weighted by Crippen LogP contribution is -2.23. The van der Waals surface area contributed by atoms with Crippen LogP contribution in [0.1, 0.15) is 23.8 Å². The third-order valence-electron chi connectivity index (χ3n) is 2.66. The van der Waals surface area contributed by atoms with Gasteiger partial charge >= 0.3 is 0 Å². The molecule has 0 radical (unpaired) electrons. The molecule has 16 heavy (non-hydrogen) atoms. The summed E-state index contributed by atoms with van der Waals surface area (Å²) in [4.78, 5) is 11.9. The molecule has 1 saturated heterocycles. The number of carbonyl (C=O) groups excluding carboxylic acids is 1. The molecule has 2 rings (SSSR count). The molecule has 1 heterocycles. The molecule has 0 saturated carbocycles. The van der Waals surface area contributed by atoms with E-state index in [1.54, 1.807) is 0 Å². The van der Waals surface area contributed by atoms with Gasteiger partial charge in [0.05, 0.1) is 0 Å². The van der Waals surface area contributed by atoms with Gasteiger partial charge in [-0.05, 0) is 30.5 Å². The van der Waals surface area contributed by atoms with Crippen LogP contribution in [0.3, 0.4) is 0 Å². The van der Waals surface area contributed by atoms with Gasteiger partial charge in [0.25, 0.3) is 0 Å². The number of Topliss-reactive ketones (excluding diaryl/α,β-unsaturated/α-hetero) is 1. The molecule has 1 aliphatic rings. The van der Waals surface area contributed by atoms with Crippen LogP contribution in [-0.4, -0.2) is 18.5 Å². The van der Waals surface area contributed by atoms with Crippen molar-refractivity contribution < 1.29 is 13.9 Å². The van der Waals surface area contributed by atoms with E-state index < -0.39 is 11.5 Å². The second-order valence-electron chi connectivity index (χ2n) is 3.82. The number of carbonyl (C=O) groups is 1. The normalized spacial score (nSPS) is 22.0. The van der Waals surface area contributed by atoms with E-state index >= 15 is 0 Å². The van der Waals surface area contributed by atoms with Crippen LogP contribution >= 0.6 is 11.6 Å². The molecule has 0 aliphatic carbocycles. The Kier molecular flexibility index (Phi) is 3.56. The fraction of sp³-hybridized carbons (Fsp3) is 0.417. The largest absolute Gasteiger partial charge is 0.370 e. The number of rotatable bonds is 3. The molecule has 1 aromatic carbocycles. The summed E-state index contributed by atoms with van der Waals surface area (Å²) in [6.07, 6.45) is 1.22. The quantitative estimate of drug-likeness (QED) is 0.762. The number of ether oxygens (including phenoxy) is 1. The van der Waals surface area contributed by atoms with E-state index in [1.807, 2.05) is 0 Å². The van der Waals surface area contributed by atoms with Gasteiger partial charge in [-0.2, -0.15) is 0 Å². The Morgan fingerprint density at radius 2 is 2.12 bits per heavy atom. The van der Waals surface area contributed by atoms with Crippen LogP contribution in [-0.2, 0) is 9.53 Å². The van der Waals surface area contributed by atoms with Crippen LogP contribution in [0.5, 0.6) is 0 Å². The molecule has 0 bridgehead atoms. The van der Waals surface area contributed by atoms with E-state index in [0.29, 0.717) is 12.2 Å². The Morgan fingerprint density at radius 3 is 2.69 bits per heavy atom. The van der Waals surface area contributed by atoms with Gasteiger partial charge in [0, 0.05) is 6.61 Å². The molecule has 0 aromatic heterocycles. The first-order chi connectivity index (χ1) is 7.68. The van der Waals surface area contributed by atoms with Crippen molar-refractivity contribution in [1.29, 1.82) is 0 Å². The molecule has 2 nitrogen and oxygen atoms in total. The Morgan fingerprint density at radius 1 is 1.44 bits per heavy atom. The number of ketones is 1. The maximum Gasteiger partial charge on any atom is 0.183 e. The van der Waals surface area contributed by atoms with Gasteiger partial charge in [-0.1, -0.05) is 12.1 Å². The van der Waals surface area contributed by atoms with Gasteiger partial charge in [-0.3, -0.25) is 4.79 Å². The lowest BCUT2D eigenvalue weighted by atomic mass is 10.0. The molecule has 1 aliphatic heterocycles. The zero-order chi connectivity index (χ0) is 11.5. The molecule has 4 heteroatoms. The lowest BCUT2D eigenvalue weighted by Gasteiger charge is -2.13. The van der Waals surface area contributed by atoms with Crippen LogP contribution in [0.25, 0.3) is 0 Å². The van der Waals surface area contributed by atoms with E-state index in [-0.39, 0.29) is 11.6 Å². The number of alkyl halides is 1. The first-order valence-electron chi connectivity index (χ1n) is 5.23. The fourth-order valence-electron chi connectivity index (χ4n) is 1.76. The monoisotopic (exact) mass is 242 g/mol. The van der Waals surface area contributed by atoms with Crippen molar-refractivity contribution in [2.24, 2.45) is 0 Å². The summed E-state index contributed by atoms with van der Waals surface area (Å²) in [5.41, 5.74) is 0.614. The molecule has 0 N–H and O–H groups in total. The summed E-state index contributed by atoms with van der Waals surface area (Å²) in [5.74, 6) is -0.469. The minimum Gasteiger partial charge on any atom is -0.370 e. The smallest absolute Gasteiger partial charge is 0.183 e. The SMILES string of the molecule is O=C(C1CCCO1)C(Cl)c1ccc(F)cc1. The van der Waals surface area contributed by atoms with Crippen LogP contribution in [0.4, 0.5) is 4.39 Å². The van der Waals surface area contributed by atoms with E-state index in [2.05, 4.69) is 0 Å². The molecule has 1 fully saturated rings. The molecule has 2 unspecified atom stereocenters. The van der Waals surface area contributed by atoms with Crippen LogP contribution in [0.2, 0.25) is 0 Å². The number of hydrogen-bond donors (Lipinski definition) is 0. The summed E-state index contributed by atoms with van der Waals surface area (Å²) in [6.45, 7) is 0.615. The van der Waals surface area contributed by atoms with Gasteiger partial charge in [0.15, 0.2) is 5.78 Å². The summed E-state index contributed by atoms with van der Waals surface area (Å²) >= 11 is 6.04. The number of halogens is 2. The first-order valence-corrected chi connectivity index (χ1v) is 5.67. The van der Waals surface area contributed by atoms with Gasteiger partial charge in [-0.15, -0.1) is 11.6 Å². The fourth-order valence-corrected chi connectivity index (χ4v) is 2.05. The van der Waals surface area contributed by atoms with E-state index in [0.717, 1.165) is 12.8 Å². The summed E-state index contributed by atoms with van der Waals surface area (Å²) in [6, 6.07) is 5.65. The average molecular weight is 243 g/mol. The average Bonchev–Trinajstić information content (AvgIpc) is 2.81. The highest BCUT2D eigenvalue weighted by atomic mass is 35.5. The van der Waals surface area contributed by atoms with Crippen molar-refractivity contribution in [3.63, 3.8) is 0 Å². The Labute approximate surface area is 98.4 Å². The second-order valence-corrected chi connectivity index (χ2v) is 4.25. The summed E-state index contributed by atoms with van der Waals surface area (Å²) in [5, 5.41) is -0.747. The van der Waals surface area contributed by atoms with Crippen molar-refractivity contribution in [3.8, 4) is 0 Å². The summed E-state index contributed by atoms with van der Waals surface area (Å²) in [7, 11) is 0. The number of benzene rings is 1. The minimum absolute atomic E-state index is 0.134. The van der Waals surface area contributed by atoms with Crippen molar-refractivity contribution in [2.75, 3.05) is 6.61 Å². The van der Waals surface area contributed by atoms with Gasteiger partial charge < -0.3 is 4.74 Å². The zero-order valence-corrected chi connectivity index (χ0v) is 9.41. The predicted molar refractivity (Wildman–Crippen MR) is 59.0 cm³/mol. The van der Waals surface area contributed by atoms with Crippen LogP contribution < -0.4 is 0 Å². The molecule has 0 spiro atoms. The number of hydrogen-bond acceptors (Lipinski definition) is 2. The zero-order valence-electron chi connectivity index (χ0n) is 8.66. The Balaban J connectivity index is 2.08. The van der Waals surface area contributed by atoms with E-state index in [4.69, 9.17) is 16.3 Å². The van der Waals surface area contributed by atoms with Crippen molar-refractivity contribution in [3.05, 3.63) is 35.6 Å². The first kappa shape index (κ1) is 11.6. The molecule has 0 amide bonds.